The number of hydrogen-bond acceptors (Lipinski definition) is 6. The minimum absolute atomic E-state index is 0.103. The molecule has 0 aliphatic carbocycles. The number of hydrogen-bond donors (Lipinski definition) is 5. The maximum atomic E-state index is 12.8. The van der Waals surface area contributed by atoms with E-state index in [0.717, 1.165) is 24.3 Å². The van der Waals surface area contributed by atoms with E-state index >= 15 is 0 Å². The SMILES string of the molecule is CCNC1Oc2cc(C(=O)NC[C@H](O)[C@H](Cc3ccccc3)NC(=O)O)ccc2N1CC(C)C. The monoisotopic (exact) mass is 470 g/mol. The Bertz CT molecular complexity index is 969. The number of aliphatic hydroxyl groups is 1. The number of nitrogens with zero attached hydrogens (tertiary/aromatic N) is 1. The molecule has 2 aromatic rings. The van der Waals surface area contributed by atoms with E-state index in [-0.39, 0.29) is 18.8 Å². The maximum Gasteiger partial charge on any atom is 0.404 e. The minimum Gasteiger partial charge on any atom is -0.465 e. The molecule has 0 spiro atoms. The van der Waals surface area contributed by atoms with Gasteiger partial charge in [0.1, 0.15) is 5.75 Å². The molecule has 9 nitrogen and oxygen atoms in total. The average molecular weight is 471 g/mol. The van der Waals surface area contributed by atoms with Gasteiger partial charge < -0.3 is 30.5 Å². The number of benzene rings is 2. The Morgan fingerprint density at radius 2 is 1.88 bits per heavy atom. The lowest BCUT2D eigenvalue weighted by atomic mass is 10.0. The summed E-state index contributed by atoms with van der Waals surface area (Å²) in [7, 11) is 0. The van der Waals surface area contributed by atoms with Crippen LogP contribution in [0.4, 0.5) is 10.5 Å². The minimum atomic E-state index is -1.23. The third-order valence-corrected chi connectivity index (χ3v) is 5.54. The number of amides is 2. The summed E-state index contributed by atoms with van der Waals surface area (Å²) in [6.45, 7) is 7.73. The molecule has 34 heavy (non-hydrogen) atoms. The van der Waals surface area contributed by atoms with Crippen molar-refractivity contribution in [3.8, 4) is 5.75 Å². The van der Waals surface area contributed by atoms with E-state index in [1.807, 2.05) is 43.3 Å². The van der Waals surface area contributed by atoms with Gasteiger partial charge in [-0.3, -0.25) is 10.1 Å². The Kier molecular flexibility index (Phi) is 8.72. The van der Waals surface area contributed by atoms with E-state index in [1.165, 1.54) is 0 Å². The molecule has 3 rings (SSSR count). The summed E-state index contributed by atoms with van der Waals surface area (Å²) in [5, 5.41) is 28.1. The summed E-state index contributed by atoms with van der Waals surface area (Å²) in [5.41, 5.74) is 2.20. The number of aliphatic hydroxyl groups excluding tert-OH is 1. The van der Waals surface area contributed by atoms with Crippen molar-refractivity contribution in [2.45, 2.75) is 45.7 Å². The number of nitrogens with one attached hydrogen (secondary N) is 3. The van der Waals surface area contributed by atoms with Crippen molar-refractivity contribution in [3.63, 3.8) is 0 Å². The van der Waals surface area contributed by atoms with Crippen LogP contribution in [0.3, 0.4) is 0 Å². The number of carbonyl (C=O) groups excluding carboxylic acids is 1. The van der Waals surface area contributed by atoms with Crippen LogP contribution in [0.2, 0.25) is 0 Å². The van der Waals surface area contributed by atoms with Crippen molar-refractivity contribution >= 4 is 17.7 Å². The van der Waals surface area contributed by atoms with Crippen LogP contribution < -0.4 is 25.6 Å². The van der Waals surface area contributed by atoms with Gasteiger partial charge in [0.15, 0.2) is 0 Å². The smallest absolute Gasteiger partial charge is 0.404 e. The largest absolute Gasteiger partial charge is 0.465 e. The topological polar surface area (TPSA) is 123 Å². The number of ether oxygens (including phenoxy) is 1. The molecule has 0 fully saturated rings. The van der Waals surface area contributed by atoms with E-state index in [4.69, 9.17) is 9.84 Å². The summed E-state index contributed by atoms with van der Waals surface area (Å²) in [6, 6.07) is 13.8. The van der Waals surface area contributed by atoms with E-state index in [9.17, 15) is 14.7 Å². The molecule has 1 aliphatic heterocycles. The van der Waals surface area contributed by atoms with Crippen LogP contribution >= 0.6 is 0 Å². The van der Waals surface area contributed by atoms with Gasteiger partial charge in [0, 0.05) is 18.7 Å². The standard InChI is InChI=1S/C25H34N4O5/c1-4-26-24-29(15-16(2)3)20-11-10-18(13-22(20)34-24)23(31)27-14-21(30)19(28-25(32)33)12-17-8-6-5-7-9-17/h5-11,13,16,19,21,24,26,28,30H,4,12,14-15H2,1-3H3,(H,27,31)(H,32,33)/t19-,21-,24?/m0/s1. The molecule has 5 N–H and O–H groups in total. The van der Waals surface area contributed by atoms with E-state index in [0.29, 0.717) is 23.7 Å². The highest BCUT2D eigenvalue weighted by Gasteiger charge is 2.31. The molecular weight excluding hydrogens is 436 g/mol. The molecule has 1 heterocycles. The Labute approximate surface area is 200 Å². The molecule has 1 unspecified atom stereocenters. The highest BCUT2D eigenvalue weighted by Crippen LogP contribution is 2.37. The van der Waals surface area contributed by atoms with Crippen molar-refractivity contribution < 1.29 is 24.5 Å². The first-order valence-corrected chi connectivity index (χ1v) is 11.6. The van der Waals surface area contributed by atoms with Gasteiger partial charge in [-0.15, -0.1) is 0 Å². The molecule has 0 aromatic heterocycles. The molecule has 1 aliphatic rings. The zero-order chi connectivity index (χ0) is 24.7. The van der Waals surface area contributed by atoms with Crippen LogP contribution in [0, 0.1) is 5.92 Å². The van der Waals surface area contributed by atoms with Crippen LogP contribution in [0.1, 0.15) is 36.7 Å². The number of rotatable bonds is 11. The molecule has 0 bridgehead atoms. The van der Waals surface area contributed by atoms with Gasteiger partial charge in [-0.1, -0.05) is 51.1 Å². The van der Waals surface area contributed by atoms with Crippen molar-refractivity contribution in [2.75, 3.05) is 24.5 Å². The molecular formula is C25H34N4O5. The molecule has 184 valence electrons. The summed E-state index contributed by atoms with van der Waals surface area (Å²) in [6.07, 6.45) is -2.33. The fraction of sp³-hybridized carbons (Fsp3) is 0.440. The van der Waals surface area contributed by atoms with E-state index in [1.54, 1.807) is 12.1 Å². The lowest BCUT2D eigenvalue weighted by Gasteiger charge is -2.27. The molecule has 0 radical (unpaired) electrons. The quantitative estimate of drug-likeness (QED) is 0.342. The van der Waals surface area contributed by atoms with E-state index < -0.39 is 18.2 Å². The summed E-state index contributed by atoms with van der Waals surface area (Å²) < 4.78 is 6.04. The molecule has 2 aromatic carbocycles. The Balaban J connectivity index is 1.65. The second kappa shape index (κ2) is 11.7. The van der Waals surface area contributed by atoms with Crippen LogP contribution in [0.15, 0.2) is 48.5 Å². The second-order valence-electron chi connectivity index (χ2n) is 8.78. The maximum absolute atomic E-state index is 12.8. The summed E-state index contributed by atoms with van der Waals surface area (Å²) in [5.74, 6) is 0.680. The Morgan fingerprint density at radius 3 is 2.53 bits per heavy atom. The molecule has 3 atom stereocenters. The van der Waals surface area contributed by atoms with Gasteiger partial charge >= 0.3 is 6.09 Å². The van der Waals surface area contributed by atoms with Crippen molar-refractivity contribution in [3.05, 3.63) is 59.7 Å². The zero-order valence-electron chi connectivity index (χ0n) is 19.8. The lowest BCUT2D eigenvalue weighted by molar-refractivity contribution is 0.0873. The van der Waals surface area contributed by atoms with Gasteiger partial charge in [0.05, 0.1) is 17.8 Å². The average Bonchev–Trinajstić information content (AvgIpc) is 3.13. The molecule has 2 amide bonds. The van der Waals surface area contributed by atoms with Gasteiger partial charge in [0.2, 0.25) is 6.35 Å². The fourth-order valence-electron chi connectivity index (χ4n) is 3.96. The van der Waals surface area contributed by atoms with Crippen LogP contribution in [-0.4, -0.2) is 60.3 Å². The lowest BCUT2D eigenvalue weighted by Crippen LogP contribution is -2.49. The summed E-state index contributed by atoms with van der Waals surface area (Å²) >= 11 is 0. The predicted molar refractivity (Wildman–Crippen MR) is 130 cm³/mol. The first-order chi connectivity index (χ1) is 16.3. The number of carboxylic acid groups (broad SMARTS) is 1. The van der Waals surface area contributed by atoms with Crippen molar-refractivity contribution in [1.82, 2.24) is 16.0 Å². The van der Waals surface area contributed by atoms with Gasteiger partial charge in [0.25, 0.3) is 5.91 Å². The molecule has 9 heteroatoms. The number of anilines is 1. The number of fused-ring (bicyclic) bond motifs is 1. The Hall–Kier alpha value is -3.30. The highest BCUT2D eigenvalue weighted by molar-refractivity contribution is 5.95. The van der Waals surface area contributed by atoms with E-state index in [2.05, 4.69) is 34.7 Å². The normalized spacial score (nSPS) is 16.5. The van der Waals surface area contributed by atoms with Gasteiger partial charge in [-0.05, 0) is 42.6 Å². The van der Waals surface area contributed by atoms with Crippen LogP contribution in [-0.2, 0) is 6.42 Å². The molecule has 0 saturated heterocycles. The fourth-order valence-corrected chi connectivity index (χ4v) is 3.96. The highest BCUT2D eigenvalue weighted by atomic mass is 16.5. The third kappa shape index (κ3) is 6.61. The van der Waals surface area contributed by atoms with Gasteiger partial charge in [-0.2, -0.15) is 0 Å². The van der Waals surface area contributed by atoms with Crippen LogP contribution in [0.25, 0.3) is 0 Å². The predicted octanol–water partition coefficient (Wildman–Crippen LogP) is 2.40. The summed E-state index contributed by atoms with van der Waals surface area (Å²) in [4.78, 5) is 26.1. The second-order valence-corrected chi connectivity index (χ2v) is 8.78. The van der Waals surface area contributed by atoms with Gasteiger partial charge in [-0.25, -0.2) is 4.79 Å². The van der Waals surface area contributed by atoms with Crippen LogP contribution in [0.5, 0.6) is 5.75 Å². The Morgan fingerprint density at radius 1 is 1.15 bits per heavy atom. The zero-order valence-corrected chi connectivity index (χ0v) is 19.8. The molecule has 0 saturated carbocycles. The van der Waals surface area contributed by atoms with Crippen molar-refractivity contribution in [1.29, 1.82) is 0 Å². The van der Waals surface area contributed by atoms with Crippen molar-refractivity contribution in [2.24, 2.45) is 5.92 Å². The first kappa shape index (κ1) is 25.3. The third-order valence-electron chi connectivity index (χ3n) is 5.54. The number of carbonyl (C=O) groups is 2. The first-order valence-electron chi connectivity index (χ1n) is 11.6.